The summed E-state index contributed by atoms with van der Waals surface area (Å²) in [5, 5.41) is 0. The van der Waals surface area contributed by atoms with Gasteiger partial charge in [0, 0.05) is 36.2 Å². The Hall–Kier alpha value is -0.920. The summed E-state index contributed by atoms with van der Waals surface area (Å²) in [4.78, 5) is 14.5. The summed E-state index contributed by atoms with van der Waals surface area (Å²) in [6.07, 6.45) is 4.88. The number of piperidine rings is 1. The maximum Gasteiger partial charge on any atom is 0.253 e. The summed E-state index contributed by atoms with van der Waals surface area (Å²) in [6.45, 7) is 2.62. The summed E-state index contributed by atoms with van der Waals surface area (Å²) < 4.78 is 27.8. The van der Waals surface area contributed by atoms with E-state index in [9.17, 15) is 13.2 Å². The molecule has 2 aliphatic heterocycles. The van der Waals surface area contributed by atoms with Crippen molar-refractivity contribution in [3.05, 3.63) is 28.2 Å². The summed E-state index contributed by atoms with van der Waals surface area (Å²) in [5.74, 6) is -0.0786. The van der Waals surface area contributed by atoms with Gasteiger partial charge in [-0.25, -0.2) is 8.42 Å². The highest BCUT2D eigenvalue weighted by Crippen LogP contribution is 2.29. The summed E-state index contributed by atoms with van der Waals surface area (Å²) in [5.41, 5.74) is 0.450. The molecule has 0 radical (unpaired) electrons. The van der Waals surface area contributed by atoms with Gasteiger partial charge in [0.15, 0.2) is 0 Å². The van der Waals surface area contributed by atoms with E-state index >= 15 is 0 Å². The zero-order valence-corrected chi connectivity index (χ0v) is 15.4. The Balaban J connectivity index is 1.92. The van der Waals surface area contributed by atoms with Crippen molar-refractivity contribution in [2.45, 2.75) is 37.0 Å². The first kappa shape index (κ1) is 16.9. The quantitative estimate of drug-likeness (QED) is 0.783. The maximum absolute atomic E-state index is 12.9. The van der Waals surface area contributed by atoms with Crippen molar-refractivity contribution in [1.82, 2.24) is 9.21 Å². The molecule has 1 amide bonds. The van der Waals surface area contributed by atoms with Gasteiger partial charge in [0.2, 0.25) is 10.0 Å². The summed E-state index contributed by atoms with van der Waals surface area (Å²) in [6, 6.07) is 4.88. The Kier molecular flexibility index (Phi) is 5.08. The molecule has 2 saturated heterocycles. The smallest absolute Gasteiger partial charge is 0.253 e. The molecule has 2 fully saturated rings. The van der Waals surface area contributed by atoms with Crippen LogP contribution in [0.4, 0.5) is 0 Å². The van der Waals surface area contributed by atoms with Crippen molar-refractivity contribution in [2.24, 2.45) is 0 Å². The highest BCUT2D eigenvalue weighted by molar-refractivity contribution is 9.10. The average molecular weight is 401 g/mol. The second-order valence-corrected chi connectivity index (χ2v) is 8.87. The first-order chi connectivity index (χ1) is 11.0. The van der Waals surface area contributed by atoms with Gasteiger partial charge in [0.05, 0.1) is 4.90 Å². The van der Waals surface area contributed by atoms with Crippen molar-refractivity contribution >= 4 is 31.9 Å². The van der Waals surface area contributed by atoms with Crippen LogP contribution in [-0.2, 0) is 10.0 Å². The molecular formula is C16H21BrN2O3S. The van der Waals surface area contributed by atoms with E-state index in [4.69, 9.17) is 0 Å². The topological polar surface area (TPSA) is 57.7 Å². The van der Waals surface area contributed by atoms with Crippen LogP contribution >= 0.6 is 15.9 Å². The van der Waals surface area contributed by atoms with Gasteiger partial charge in [-0.2, -0.15) is 4.31 Å². The van der Waals surface area contributed by atoms with Crippen molar-refractivity contribution in [3.63, 3.8) is 0 Å². The van der Waals surface area contributed by atoms with E-state index in [0.29, 0.717) is 23.1 Å². The fourth-order valence-corrected chi connectivity index (χ4v) is 5.65. The van der Waals surface area contributed by atoms with E-state index < -0.39 is 10.0 Å². The zero-order valence-electron chi connectivity index (χ0n) is 13.0. The minimum absolute atomic E-state index is 0.0786. The first-order valence-electron chi connectivity index (χ1n) is 8.09. The molecule has 1 aromatic rings. The lowest BCUT2D eigenvalue weighted by Gasteiger charge is -2.26. The highest BCUT2D eigenvalue weighted by Gasteiger charge is 2.29. The van der Waals surface area contributed by atoms with Gasteiger partial charge in [-0.3, -0.25) is 4.79 Å². The van der Waals surface area contributed by atoms with Crippen LogP contribution in [0, 0.1) is 0 Å². The molecular weight excluding hydrogens is 380 g/mol. The molecule has 5 nitrogen and oxygen atoms in total. The van der Waals surface area contributed by atoms with Gasteiger partial charge in [0.1, 0.15) is 0 Å². The van der Waals surface area contributed by atoms with Crippen molar-refractivity contribution in [3.8, 4) is 0 Å². The summed E-state index contributed by atoms with van der Waals surface area (Å²) in [7, 11) is -3.56. The molecule has 2 aliphatic rings. The number of hydrogen-bond acceptors (Lipinski definition) is 3. The monoisotopic (exact) mass is 400 g/mol. The number of likely N-dealkylation sites (tertiary alicyclic amines) is 1. The second-order valence-electron chi connectivity index (χ2n) is 6.11. The SMILES string of the molecule is O=C(c1ccc(Br)c(S(=O)(=O)N2CCCCC2)c1)N1CCCC1. The molecule has 126 valence electrons. The molecule has 0 bridgehead atoms. The fraction of sp³-hybridized carbons (Fsp3) is 0.562. The van der Waals surface area contributed by atoms with Crippen LogP contribution < -0.4 is 0 Å². The Morgan fingerprint density at radius 1 is 0.957 bits per heavy atom. The molecule has 3 rings (SSSR count). The minimum Gasteiger partial charge on any atom is -0.339 e. The van der Waals surface area contributed by atoms with Crippen molar-refractivity contribution in [1.29, 1.82) is 0 Å². The van der Waals surface area contributed by atoms with Crippen molar-refractivity contribution < 1.29 is 13.2 Å². The molecule has 0 aromatic heterocycles. The molecule has 0 saturated carbocycles. The number of rotatable bonds is 3. The van der Waals surface area contributed by atoms with Crippen LogP contribution in [0.25, 0.3) is 0 Å². The van der Waals surface area contributed by atoms with E-state index in [0.717, 1.165) is 45.2 Å². The molecule has 2 heterocycles. The average Bonchev–Trinajstić information content (AvgIpc) is 3.10. The zero-order chi connectivity index (χ0) is 16.4. The van der Waals surface area contributed by atoms with E-state index in [-0.39, 0.29) is 10.8 Å². The van der Waals surface area contributed by atoms with Crippen LogP contribution in [-0.4, -0.2) is 49.7 Å². The summed E-state index contributed by atoms with van der Waals surface area (Å²) >= 11 is 3.33. The first-order valence-corrected chi connectivity index (χ1v) is 10.3. The van der Waals surface area contributed by atoms with E-state index in [1.807, 2.05) is 0 Å². The van der Waals surface area contributed by atoms with Crippen molar-refractivity contribution in [2.75, 3.05) is 26.2 Å². The fourth-order valence-electron chi connectivity index (χ4n) is 3.18. The molecule has 0 N–H and O–H groups in total. The molecule has 1 aromatic carbocycles. The molecule has 23 heavy (non-hydrogen) atoms. The number of amides is 1. The van der Waals surface area contributed by atoms with Crippen LogP contribution in [0.15, 0.2) is 27.6 Å². The van der Waals surface area contributed by atoms with Gasteiger partial charge in [0.25, 0.3) is 5.91 Å². The number of halogens is 1. The lowest BCUT2D eigenvalue weighted by Crippen LogP contribution is -2.36. The lowest BCUT2D eigenvalue weighted by atomic mass is 10.2. The standard InChI is InChI=1S/C16H21BrN2O3S/c17-14-7-6-13(16(20)18-8-4-5-9-18)12-15(14)23(21,22)19-10-2-1-3-11-19/h6-7,12H,1-5,8-11H2. The van der Waals surface area contributed by atoms with Gasteiger partial charge < -0.3 is 4.90 Å². The number of benzene rings is 1. The Bertz CT molecular complexity index is 693. The Morgan fingerprint density at radius 2 is 1.57 bits per heavy atom. The number of carbonyl (C=O) groups is 1. The minimum atomic E-state index is -3.56. The van der Waals surface area contributed by atoms with Gasteiger partial charge in [-0.15, -0.1) is 0 Å². The highest BCUT2D eigenvalue weighted by atomic mass is 79.9. The van der Waals surface area contributed by atoms with E-state index in [2.05, 4.69) is 15.9 Å². The van der Waals surface area contributed by atoms with E-state index in [1.165, 1.54) is 10.4 Å². The molecule has 0 unspecified atom stereocenters. The van der Waals surface area contributed by atoms with Crippen LogP contribution in [0.3, 0.4) is 0 Å². The Labute approximate surface area is 145 Å². The molecule has 7 heteroatoms. The van der Waals surface area contributed by atoms with Gasteiger partial charge >= 0.3 is 0 Å². The number of sulfonamides is 1. The number of hydrogen-bond donors (Lipinski definition) is 0. The Morgan fingerprint density at radius 3 is 2.22 bits per heavy atom. The third-order valence-electron chi connectivity index (χ3n) is 4.50. The van der Waals surface area contributed by atoms with Crippen LogP contribution in [0.2, 0.25) is 0 Å². The normalized spacial score (nSPS) is 20.0. The lowest BCUT2D eigenvalue weighted by molar-refractivity contribution is 0.0792. The third-order valence-corrected chi connectivity index (χ3v) is 7.40. The largest absolute Gasteiger partial charge is 0.339 e. The van der Waals surface area contributed by atoms with Gasteiger partial charge in [-0.05, 0) is 59.8 Å². The third kappa shape index (κ3) is 3.46. The number of carbonyl (C=O) groups excluding carboxylic acids is 1. The number of nitrogens with zero attached hydrogens (tertiary/aromatic N) is 2. The van der Waals surface area contributed by atoms with Crippen LogP contribution in [0.1, 0.15) is 42.5 Å². The predicted octanol–water partition coefficient (Wildman–Crippen LogP) is 2.86. The van der Waals surface area contributed by atoms with Crippen LogP contribution in [0.5, 0.6) is 0 Å². The van der Waals surface area contributed by atoms with E-state index in [1.54, 1.807) is 17.0 Å². The predicted molar refractivity (Wildman–Crippen MR) is 91.9 cm³/mol. The molecule has 0 spiro atoms. The second kappa shape index (κ2) is 6.91. The maximum atomic E-state index is 12.9. The molecule has 0 atom stereocenters. The van der Waals surface area contributed by atoms with Gasteiger partial charge in [-0.1, -0.05) is 6.42 Å². The molecule has 0 aliphatic carbocycles.